The molecule has 0 aliphatic carbocycles. The van der Waals surface area contributed by atoms with Crippen LogP contribution >= 0.6 is 0 Å². The second kappa shape index (κ2) is 6.33. The predicted octanol–water partition coefficient (Wildman–Crippen LogP) is 0.277. The summed E-state index contributed by atoms with van der Waals surface area (Å²) in [6, 6.07) is 5.36. The number of carbonyl (C=O) groups is 3. The van der Waals surface area contributed by atoms with Gasteiger partial charge in [-0.25, -0.2) is 9.18 Å². The van der Waals surface area contributed by atoms with Crippen LogP contribution in [-0.2, 0) is 14.3 Å². The standard InChI is InChI=1S/C15H16FN3O4/c16-11-3-1-10(2-4-11)12-8-18(5-6-23-12)14(21)9-19-13(20)7-17-15(19)22/h1-4,12H,5-9H2,(H,17,22)/t12-/m0/s1. The minimum Gasteiger partial charge on any atom is -0.370 e. The summed E-state index contributed by atoms with van der Waals surface area (Å²) in [5.41, 5.74) is 0.777. The number of amides is 4. The highest BCUT2D eigenvalue weighted by molar-refractivity contribution is 6.04. The van der Waals surface area contributed by atoms with E-state index in [0.717, 1.165) is 10.5 Å². The van der Waals surface area contributed by atoms with Crippen LogP contribution in [0.2, 0.25) is 0 Å². The number of hydrogen-bond acceptors (Lipinski definition) is 4. The number of carbonyl (C=O) groups excluding carboxylic acids is 3. The summed E-state index contributed by atoms with van der Waals surface area (Å²) in [5.74, 6) is -1.06. The molecule has 2 saturated heterocycles. The average Bonchev–Trinajstić information content (AvgIpc) is 2.87. The Kier molecular flexibility index (Phi) is 4.24. The van der Waals surface area contributed by atoms with E-state index in [-0.39, 0.29) is 30.9 Å². The molecule has 122 valence electrons. The summed E-state index contributed by atoms with van der Waals surface area (Å²) in [4.78, 5) is 37.8. The van der Waals surface area contributed by atoms with Gasteiger partial charge in [-0.3, -0.25) is 14.5 Å². The number of hydrogen-bond donors (Lipinski definition) is 1. The van der Waals surface area contributed by atoms with Crippen LogP contribution in [0.5, 0.6) is 0 Å². The molecular formula is C15H16FN3O4. The monoisotopic (exact) mass is 321 g/mol. The normalized spacial score (nSPS) is 21.5. The van der Waals surface area contributed by atoms with E-state index in [2.05, 4.69) is 5.32 Å². The lowest BCUT2D eigenvalue weighted by Gasteiger charge is -2.33. The molecule has 0 saturated carbocycles. The molecule has 2 aliphatic heterocycles. The number of morpholine rings is 1. The van der Waals surface area contributed by atoms with Crippen molar-refractivity contribution in [2.75, 3.05) is 32.8 Å². The first-order valence-corrected chi connectivity index (χ1v) is 7.27. The van der Waals surface area contributed by atoms with Gasteiger partial charge < -0.3 is 15.0 Å². The molecule has 1 N–H and O–H groups in total. The summed E-state index contributed by atoms with van der Waals surface area (Å²) < 4.78 is 18.6. The highest BCUT2D eigenvalue weighted by Crippen LogP contribution is 2.22. The van der Waals surface area contributed by atoms with Gasteiger partial charge in [0, 0.05) is 6.54 Å². The molecule has 1 aromatic rings. The van der Waals surface area contributed by atoms with Gasteiger partial charge in [0.15, 0.2) is 0 Å². The Bertz CT molecular complexity index is 618. The van der Waals surface area contributed by atoms with Crippen molar-refractivity contribution in [1.29, 1.82) is 0 Å². The lowest BCUT2D eigenvalue weighted by Crippen LogP contribution is -2.48. The third-order valence-corrected chi connectivity index (χ3v) is 3.89. The van der Waals surface area contributed by atoms with E-state index < -0.39 is 11.9 Å². The van der Waals surface area contributed by atoms with Gasteiger partial charge in [0.05, 0.1) is 19.7 Å². The van der Waals surface area contributed by atoms with E-state index in [1.807, 2.05) is 0 Å². The zero-order valence-electron chi connectivity index (χ0n) is 12.3. The summed E-state index contributed by atoms with van der Waals surface area (Å²) in [6.07, 6.45) is -0.351. The molecule has 1 atom stereocenters. The molecule has 0 unspecified atom stereocenters. The van der Waals surface area contributed by atoms with Gasteiger partial charge in [-0.05, 0) is 17.7 Å². The summed E-state index contributed by atoms with van der Waals surface area (Å²) in [7, 11) is 0. The Morgan fingerprint density at radius 2 is 2.04 bits per heavy atom. The number of urea groups is 1. The smallest absolute Gasteiger partial charge is 0.325 e. The number of rotatable bonds is 3. The molecule has 8 heteroatoms. The van der Waals surface area contributed by atoms with Gasteiger partial charge in [-0.1, -0.05) is 12.1 Å². The maximum Gasteiger partial charge on any atom is 0.325 e. The molecule has 2 heterocycles. The number of benzene rings is 1. The van der Waals surface area contributed by atoms with Crippen LogP contribution < -0.4 is 5.32 Å². The van der Waals surface area contributed by atoms with Crippen LogP contribution in [-0.4, -0.2) is 60.4 Å². The number of nitrogens with zero attached hydrogens (tertiary/aromatic N) is 2. The highest BCUT2D eigenvalue weighted by Gasteiger charge is 2.33. The van der Waals surface area contributed by atoms with Crippen molar-refractivity contribution in [3.63, 3.8) is 0 Å². The number of halogens is 1. The van der Waals surface area contributed by atoms with Crippen molar-refractivity contribution in [2.45, 2.75) is 6.10 Å². The molecular weight excluding hydrogens is 305 g/mol. The molecule has 1 aromatic carbocycles. The summed E-state index contributed by atoms with van der Waals surface area (Å²) >= 11 is 0. The van der Waals surface area contributed by atoms with Gasteiger partial charge in [-0.2, -0.15) is 0 Å². The number of imide groups is 1. The average molecular weight is 321 g/mol. The van der Waals surface area contributed by atoms with Crippen LogP contribution in [0.4, 0.5) is 9.18 Å². The van der Waals surface area contributed by atoms with Crippen molar-refractivity contribution < 1.29 is 23.5 Å². The van der Waals surface area contributed by atoms with Crippen LogP contribution in [0.3, 0.4) is 0 Å². The Balaban J connectivity index is 1.63. The lowest BCUT2D eigenvalue weighted by atomic mass is 10.1. The fourth-order valence-corrected chi connectivity index (χ4v) is 2.61. The first-order valence-electron chi connectivity index (χ1n) is 7.27. The van der Waals surface area contributed by atoms with Crippen molar-refractivity contribution in [1.82, 2.24) is 15.1 Å². The highest BCUT2D eigenvalue weighted by atomic mass is 19.1. The zero-order chi connectivity index (χ0) is 16.4. The second-order valence-electron chi connectivity index (χ2n) is 5.39. The van der Waals surface area contributed by atoms with Crippen LogP contribution in [0.15, 0.2) is 24.3 Å². The fourth-order valence-electron chi connectivity index (χ4n) is 2.61. The van der Waals surface area contributed by atoms with E-state index >= 15 is 0 Å². The van der Waals surface area contributed by atoms with E-state index in [4.69, 9.17) is 4.74 Å². The van der Waals surface area contributed by atoms with E-state index in [1.54, 1.807) is 17.0 Å². The third-order valence-electron chi connectivity index (χ3n) is 3.89. The minimum atomic E-state index is -0.549. The van der Waals surface area contributed by atoms with Crippen molar-refractivity contribution in [3.05, 3.63) is 35.6 Å². The molecule has 4 amide bonds. The third kappa shape index (κ3) is 3.31. The maximum atomic E-state index is 13.0. The summed E-state index contributed by atoms with van der Waals surface area (Å²) in [6.45, 7) is 0.677. The maximum absolute atomic E-state index is 13.0. The van der Waals surface area contributed by atoms with Gasteiger partial charge in [0.25, 0.3) is 5.91 Å². The van der Waals surface area contributed by atoms with E-state index in [1.165, 1.54) is 12.1 Å². The Morgan fingerprint density at radius 1 is 1.30 bits per heavy atom. The topological polar surface area (TPSA) is 79.0 Å². The van der Waals surface area contributed by atoms with Crippen molar-refractivity contribution in [2.24, 2.45) is 0 Å². The fraction of sp³-hybridized carbons (Fsp3) is 0.400. The Labute approximate surface area is 132 Å². The molecule has 0 spiro atoms. The van der Waals surface area contributed by atoms with Crippen molar-refractivity contribution in [3.8, 4) is 0 Å². The number of ether oxygens (including phenoxy) is 1. The first-order chi connectivity index (χ1) is 11.0. The Morgan fingerprint density at radius 3 is 2.70 bits per heavy atom. The molecule has 0 radical (unpaired) electrons. The first kappa shape index (κ1) is 15.4. The molecule has 23 heavy (non-hydrogen) atoms. The predicted molar refractivity (Wildman–Crippen MR) is 76.8 cm³/mol. The van der Waals surface area contributed by atoms with Crippen LogP contribution in [0.25, 0.3) is 0 Å². The van der Waals surface area contributed by atoms with E-state index in [9.17, 15) is 18.8 Å². The quantitative estimate of drug-likeness (QED) is 0.811. The molecule has 3 rings (SSSR count). The SMILES string of the molecule is O=C(CN1C(=O)CNC1=O)N1CCO[C@H](c2ccc(F)cc2)C1. The molecule has 2 fully saturated rings. The van der Waals surface area contributed by atoms with Gasteiger partial charge in [0.1, 0.15) is 18.5 Å². The van der Waals surface area contributed by atoms with Gasteiger partial charge >= 0.3 is 6.03 Å². The zero-order valence-corrected chi connectivity index (χ0v) is 12.3. The molecule has 2 aliphatic rings. The lowest BCUT2D eigenvalue weighted by molar-refractivity contribution is -0.142. The minimum absolute atomic E-state index is 0.0760. The molecule has 0 aromatic heterocycles. The van der Waals surface area contributed by atoms with Crippen LogP contribution in [0, 0.1) is 5.82 Å². The van der Waals surface area contributed by atoms with Gasteiger partial charge in [0.2, 0.25) is 5.91 Å². The molecule has 0 bridgehead atoms. The summed E-state index contributed by atoms with van der Waals surface area (Å²) in [5, 5.41) is 2.37. The van der Waals surface area contributed by atoms with Gasteiger partial charge in [-0.15, -0.1) is 0 Å². The largest absolute Gasteiger partial charge is 0.370 e. The Hall–Kier alpha value is -2.48. The number of nitrogens with one attached hydrogen (secondary N) is 1. The van der Waals surface area contributed by atoms with E-state index in [0.29, 0.717) is 19.7 Å². The molecule has 7 nitrogen and oxygen atoms in total. The second-order valence-corrected chi connectivity index (χ2v) is 5.39. The van der Waals surface area contributed by atoms with Crippen molar-refractivity contribution >= 4 is 17.8 Å². The van der Waals surface area contributed by atoms with Crippen LogP contribution in [0.1, 0.15) is 11.7 Å².